The van der Waals surface area contributed by atoms with E-state index in [0.29, 0.717) is 0 Å². The number of nitrogens with one attached hydrogen (secondary N) is 1. The third-order valence-corrected chi connectivity index (χ3v) is 4.20. The quantitative estimate of drug-likeness (QED) is 0.742. The highest BCUT2D eigenvalue weighted by Gasteiger charge is 2.22. The van der Waals surface area contributed by atoms with Crippen LogP contribution in [0.1, 0.15) is 23.8 Å². The van der Waals surface area contributed by atoms with Crippen molar-refractivity contribution in [2.45, 2.75) is 12.5 Å². The Morgan fingerprint density at radius 1 is 1.04 bits per heavy atom. The maximum Gasteiger partial charge on any atom is 0.126 e. The number of hydrogen-bond acceptors (Lipinski definition) is 4. The highest BCUT2D eigenvalue weighted by Crippen LogP contribution is 2.35. The van der Waals surface area contributed by atoms with Crippen LogP contribution in [-0.4, -0.2) is 12.8 Å². The maximum absolute atomic E-state index is 5.63. The highest BCUT2D eigenvalue weighted by atomic mass is 16.5. The first-order chi connectivity index (χ1) is 11.8. The Morgan fingerprint density at radius 2 is 1.88 bits per heavy atom. The van der Waals surface area contributed by atoms with Crippen LogP contribution >= 0.6 is 0 Å². The van der Waals surface area contributed by atoms with Gasteiger partial charge in [0.25, 0.3) is 0 Å². The first-order valence-corrected chi connectivity index (χ1v) is 7.94. The molecule has 0 radical (unpaired) electrons. The van der Waals surface area contributed by atoms with E-state index in [1.54, 1.807) is 13.4 Å². The molecule has 1 N–H and O–H groups in total. The molecule has 2 heterocycles. The fourth-order valence-electron chi connectivity index (χ4n) is 2.94. The minimum Gasteiger partial charge on any atom is -0.497 e. The van der Waals surface area contributed by atoms with Crippen LogP contribution in [0.2, 0.25) is 0 Å². The standard InChI is InChI=1S/C20H18N2O2/c1-23-15-10-8-14(9-11-15)18-13-19(20-7-4-12-24-20)22-17-6-3-2-5-16(17)21-18/h2-12,19,22H,13H2,1H3. The predicted molar refractivity (Wildman–Crippen MR) is 95.3 cm³/mol. The van der Waals surface area contributed by atoms with Crippen LogP contribution in [0, 0.1) is 0 Å². The summed E-state index contributed by atoms with van der Waals surface area (Å²) >= 11 is 0. The first-order valence-electron chi connectivity index (χ1n) is 7.94. The average molecular weight is 318 g/mol. The monoisotopic (exact) mass is 318 g/mol. The fourth-order valence-corrected chi connectivity index (χ4v) is 2.94. The topological polar surface area (TPSA) is 46.8 Å². The van der Waals surface area contributed by atoms with Crippen LogP contribution in [-0.2, 0) is 0 Å². The number of fused-ring (bicyclic) bond motifs is 1. The second-order valence-electron chi connectivity index (χ2n) is 5.72. The summed E-state index contributed by atoms with van der Waals surface area (Å²) in [5, 5.41) is 3.55. The molecule has 2 aromatic carbocycles. The molecule has 0 saturated carbocycles. The lowest BCUT2D eigenvalue weighted by molar-refractivity contribution is 0.415. The number of nitrogens with zero attached hydrogens (tertiary/aromatic N) is 1. The van der Waals surface area contributed by atoms with Crippen LogP contribution in [0.3, 0.4) is 0 Å². The molecular weight excluding hydrogens is 300 g/mol. The summed E-state index contributed by atoms with van der Waals surface area (Å²) in [6.45, 7) is 0. The number of para-hydroxylation sites is 2. The van der Waals surface area contributed by atoms with Crippen LogP contribution in [0.15, 0.2) is 76.3 Å². The minimum atomic E-state index is 0.0458. The van der Waals surface area contributed by atoms with Crippen molar-refractivity contribution in [1.82, 2.24) is 0 Å². The number of methoxy groups -OCH3 is 1. The van der Waals surface area contributed by atoms with Gasteiger partial charge in [-0.2, -0.15) is 0 Å². The lowest BCUT2D eigenvalue weighted by Gasteiger charge is -2.16. The Labute approximate surface area is 140 Å². The van der Waals surface area contributed by atoms with Crippen molar-refractivity contribution in [3.05, 3.63) is 78.3 Å². The molecule has 0 saturated heterocycles. The third-order valence-electron chi connectivity index (χ3n) is 4.20. The first kappa shape index (κ1) is 14.6. The summed E-state index contributed by atoms with van der Waals surface area (Å²) in [5.41, 5.74) is 4.07. The van der Waals surface area contributed by atoms with E-state index in [-0.39, 0.29) is 6.04 Å². The van der Waals surface area contributed by atoms with E-state index in [1.807, 2.05) is 60.7 Å². The predicted octanol–water partition coefficient (Wildman–Crippen LogP) is 4.97. The Hall–Kier alpha value is -3.01. The van der Waals surface area contributed by atoms with Crippen LogP contribution in [0.25, 0.3) is 0 Å². The number of benzene rings is 2. The molecule has 0 bridgehead atoms. The summed E-state index contributed by atoms with van der Waals surface area (Å²) in [7, 11) is 1.67. The summed E-state index contributed by atoms with van der Waals surface area (Å²) < 4.78 is 10.9. The van der Waals surface area contributed by atoms with Crippen molar-refractivity contribution in [2.24, 2.45) is 4.99 Å². The smallest absolute Gasteiger partial charge is 0.126 e. The molecule has 1 aromatic heterocycles. The molecule has 1 aliphatic heterocycles. The molecule has 120 valence electrons. The molecular formula is C20H18N2O2. The van der Waals surface area contributed by atoms with Crippen molar-refractivity contribution < 1.29 is 9.15 Å². The molecule has 0 spiro atoms. The Kier molecular flexibility index (Phi) is 3.79. The molecule has 4 rings (SSSR count). The molecule has 1 aliphatic rings. The number of hydrogen-bond donors (Lipinski definition) is 1. The van der Waals surface area contributed by atoms with Gasteiger partial charge in [0.15, 0.2) is 0 Å². The van der Waals surface area contributed by atoms with Crippen molar-refractivity contribution in [3.8, 4) is 5.75 Å². The van der Waals surface area contributed by atoms with E-state index in [2.05, 4.69) is 5.32 Å². The maximum atomic E-state index is 5.63. The van der Waals surface area contributed by atoms with Gasteiger partial charge in [0.2, 0.25) is 0 Å². The number of anilines is 1. The van der Waals surface area contributed by atoms with E-state index in [4.69, 9.17) is 14.1 Å². The normalized spacial score (nSPS) is 16.5. The number of ether oxygens (including phenoxy) is 1. The van der Waals surface area contributed by atoms with Crippen LogP contribution in [0.4, 0.5) is 11.4 Å². The molecule has 4 heteroatoms. The van der Waals surface area contributed by atoms with Gasteiger partial charge in [-0.1, -0.05) is 12.1 Å². The zero-order valence-electron chi connectivity index (χ0n) is 13.4. The molecule has 24 heavy (non-hydrogen) atoms. The van der Waals surface area contributed by atoms with Gasteiger partial charge in [-0.25, -0.2) is 0 Å². The van der Waals surface area contributed by atoms with Crippen molar-refractivity contribution in [1.29, 1.82) is 0 Å². The zero-order valence-corrected chi connectivity index (χ0v) is 13.4. The van der Waals surface area contributed by atoms with E-state index < -0.39 is 0 Å². The average Bonchev–Trinajstić information content (AvgIpc) is 3.09. The Balaban J connectivity index is 1.77. The molecule has 0 aliphatic carbocycles. The summed E-state index contributed by atoms with van der Waals surface area (Å²) in [4.78, 5) is 4.90. The lowest BCUT2D eigenvalue weighted by Crippen LogP contribution is -2.13. The number of rotatable bonds is 3. The summed E-state index contributed by atoms with van der Waals surface area (Å²) in [5.74, 6) is 1.75. The van der Waals surface area contributed by atoms with Gasteiger partial charge in [0, 0.05) is 6.42 Å². The molecule has 0 amide bonds. The Morgan fingerprint density at radius 3 is 2.62 bits per heavy atom. The third kappa shape index (κ3) is 2.78. The molecule has 0 fully saturated rings. The van der Waals surface area contributed by atoms with Gasteiger partial charge in [-0.05, 0) is 54.1 Å². The summed E-state index contributed by atoms with van der Waals surface area (Å²) in [6.07, 6.45) is 2.45. The number of furan rings is 1. The van der Waals surface area contributed by atoms with Gasteiger partial charge in [0.05, 0.1) is 36.5 Å². The lowest BCUT2D eigenvalue weighted by atomic mass is 10.0. The summed E-state index contributed by atoms with van der Waals surface area (Å²) in [6, 6.07) is 20.1. The SMILES string of the molecule is COc1ccc(C2=Nc3ccccc3NC(c3ccco3)C2)cc1. The molecule has 1 unspecified atom stereocenters. The van der Waals surface area contributed by atoms with Crippen molar-refractivity contribution in [3.63, 3.8) is 0 Å². The largest absolute Gasteiger partial charge is 0.497 e. The number of aliphatic imine (C=N–C) groups is 1. The van der Waals surface area contributed by atoms with Crippen molar-refractivity contribution in [2.75, 3.05) is 12.4 Å². The van der Waals surface area contributed by atoms with Gasteiger partial charge in [-0.3, -0.25) is 4.99 Å². The van der Waals surface area contributed by atoms with Crippen LogP contribution < -0.4 is 10.1 Å². The molecule has 1 atom stereocenters. The Bertz CT molecular complexity index is 852. The van der Waals surface area contributed by atoms with E-state index in [1.165, 1.54) is 0 Å². The second kappa shape index (κ2) is 6.24. The second-order valence-corrected chi connectivity index (χ2v) is 5.72. The molecule has 3 aromatic rings. The van der Waals surface area contributed by atoms with Gasteiger partial charge < -0.3 is 14.5 Å². The zero-order chi connectivity index (χ0) is 16.4. The van der Waals surface area contributed by atoms with Crippen molar-refractivity contribution >= 4 is 17.1 Å². The van der Waals surface area contributed by atoms with Crippen LogP contribution in [0.5, 0.6) is 5.75 Å². The molecule has 4 nitrogen and oxygen atoms in total. The van der Waals surface area contributed by atoms with E-state index >= 15 is 0 Å². The highest BCUT2D eigenvalue weighted by molar-refractivity contribution is 6.04. The van der Waals surface area contributed by atoms with Gasteiger partial charge in [-0.15, -0.1) is 0 Å². The fraction of sp³-hybridized carbons (Fsp3) is 0.150. The van der Waals surface area contributed by atoms with Gasteiger partial charge in [0.1, 0.15) is 11.5 Å². The van der Waals surface area contributed by atoms with E-state index in [0.717, 1.165) is 40.6 Å². The van der Waals surface area contributed by atoms with E-state index in [9.17, 15) is 0 Å². The van der Waals surface area contributed by atoms with Gasteiger partial charge >= 0.3 is 0 Å². The minimum absolute atomic E-state index is 0.0458.